The first-order valence-corrected chi connectivity index (χ1v) is 4.44. The molecule has 0 saturated heterocycles. The third kappa shape index (κ3) is 1.79. The zero-order chi connectivity index (χ0) is 9.14. The molecular formula is C11H16O. The first-order chi connectivity index (χ1) is 5.65. The zero-order valence-corrected chi connectivity index (χ0v) is 7.96. The minimum atomic E-state index is 0.361. The van der Waals surface area contributed by atoms with Crippen LogP contribution < -0.4 is 0 Å². The second-order valence-electron chi connectivity index (χ2n) is 3.35. The van der Waals surface area contributed by atoms with Crippen molar-refractivity contribution in [3.63, 3.8) is 0 Å². The Balaban J connectivity index is 3.01. The standard InChI is InChI=1S/C11H16O/c1-4-8(2)11-6-5-10(12)7-9(11)3/h5-8,12H,4H2,1-3H3. The smallest absolute Gasteiger partial charge is 0.115 e. The molecule has 0 saturated carbocycles. The van der Waals surface area contributed by atoms with Crippen molar-refractivity contribution in [2.75, 3.05) is 0 Å². The minimum absolute atomic E-state index is 0.361. The highest BCUT2D eigenvalue weighted by Gasteiger charge is 2.05. The van der Waals surface area contributed by atoms with Gasteiger partial charge in [-0.3, -0.25) is 0 Å². The molecule has 1 nitrogen and oxygen atoms in total. The van der Waals surface area contributed by atoms with Crippen LogP contribution in [0.15, 0.2) is 18.2 Å². The number of hydrogen-bond donors (Lipinski definition) is 1. The molecule has 1 heteroatoms. The summed E-state index contributed by atoms with van der Waals surface area (Å²) in [5, 5.41) is 9.19. The maximum absolute atomic E-state index is 9.19. The van der Waals surface area contributed by atoms with Crippen LogP contribution in [0.25, 0.3) is 0 Å². The molecule has 0 aliphatic carbocycles. The van der Waals surface area contributed by atoms with E-state index < -0.39 is 0 Å². The Morgan fingerprint density at radius 1 is 1.42 bits per heavy atom. The van der Waals surface area contributed by atoms with Gasteiger partial charge in [0.1, 0.15) is 5.75 Å². The van der Waals surface area contributed by atoms with Crippen LogP contribution in [0.5, 0.6) is 5.75 Å². The monoisotopic (exact) mass is 164 g/mol. The Morgan fingerprint density at radius 3 is 2.58 bits per heavy atom. The van der Waals surface area contributed by atoms with Crippen LogP contribution in [0.1, 0.15) is 37.3 Å². The fourth-order valence-corrected chi connectivity index (χ4v) is 1.43. The summed E-state index contributed by atoms with van der Waals surface area (Å²) in [5.74, 6) is 0.949. The van der Waals surface area contributed by atoms with E-state index in [1.54, 1.807) is 6.07 Å². The topological polar surface area (TPSA) is 20.2 Å². The lowest BCUT2D eigenvalue weighted by Gasteiger charge is -2.12. The molecule has 0 amide bonds. The van der Waals surface area contributed by atoms with E-state index in [1.165, 1.54) is 11.1 Å². The van der Waals surface area contributed by atoms with Crippen molar-refractivity contribution in [3.05, 3.63) is 29.3 Å². The van der Waals surface area contributed by atoms with Crippen molar-refractivity contribution in [3.8, 4) is 5.75 Å². The minimum Gasteiger partial charge on any atom is -0.508 e. The molecule has 1 aromatic carbocycles. The number of hydrogen-bond acceptors (Lipinski definition) is 1. The molecule has 1 N–H and O–H groups in total. The Morgan fingerprint density at radius 2 is 2.08 bits per heavy atom. The van der Waals surface area contributed by atoms with Gasteiger partial charge in [-0.2, -0.15) is 0 Å². The van der Waals surface area contributed by atoms with Crippen LogP contribution in [0.4, 0.5) is 0 Å². The first-order valence-electron chi connectivity index (χ1n) is 4.44. The van der Waals surface area contributed by atoms with Gasteiger partial charge in [-0.15, -0.1) is 0 Å². The quantitative estimate of drug-likeness (QED) is 0.711. The third-order valence-electron chi connectivity index (χ3n) is 2.40. The molecule has 0 fully saturated rings. The van der Waals surface area contributed by atoms with Crippen molar-refractivity contribution >= 4 is 0 Å². The number of aromatic hydroxyl groups is 1. The Bertz CT molecular complexity index is 266. The van der Waals surface area contributed by atoms with Crippen LogP contribution in [-0.4, -0.2) is 5.11 Å². The first kappa shape index (κ1) is 9.11. The molecule has 1 unspecified atom stereocenters. The van der Waals surface area contributed by atoms with Crippen molar-refractivity contribution in [2.45, 2.75) is 33.1 Å². The summed E-state index contributed by atoms with van der Waals surface area (Å²) in [6.45, 7) is 6.43. The van der Waals surface area contributed by atoms with Gasteiger partial charge in [0, 0.05) is 0 Å². The van der Waals surface area contributed by atoms with E-state index in [0.717, 1.165) is 6.42 Å². The molecular weight excluding hydrogens is 148 g/mol. The second kappa shape index (κ2) is 3.61. The average molecular weight is 164 g/mol. The highest BCUT2D eigenvalue weighted by molar-refractivity contribution is 5.35. The predicted octanol–water partition coefficient (Wildman–Crippen LogP) is 3.21. The summed E-state index contributed by atoms with van der Waals surface area (Å²) in [7, 11) is 0. The normalized spacial score (nSPS) is 12.9. The number of rotatable bonds is 2. The van der Waals surface area contributed by atoms with Gasteiger partial charge in [-0.05, 0) is 42.5 Å². The lowest BCUT2D eigenvalue weighted by Crippen LogP contribution is -1.93. The Labute approximate surface area is 74.1 Å². The van der Waals surface area contributed by atoms with Crippen molar-refractivity contribution < 1.29 is 5.11 Å². The summed E-state index contributed by atoms with van der Waals surface area (Å²) in [4.78, 5) is 0. The molecule has 12 heavy (non-hydrogen) atoms. The van der Waals surface area contributed by atoms with Crippen LogP contribution in [0, 0.1) is 6.92 Å². The Hall–Kier alpha value is -0.980. The van der Waals surface area contributed by atoms with E-state index in [1.807, 2.05) is 19.1 Å². The van der Waals surface area contributed by atoms with Gasteiger partial charge in [0.25, 0.3) is 0 Å². The molecule has 0 aliphatic rings. The summed E-state index contributed by atoms with van der Waals surface area (Å²) in [5.41, 5.74) is 2.53. The van der Waals surface area contributed by atoms with Gasteiger partial charge in [0.15, 0.2) is 0 Å². The molecule has 0 spiro atoms. The molecule has 0 bridgehead atoms. The van der Waals surface area contributed by atoms with Gasteiger partial charge >= 0.3 is 0 Å². The number of benzene rings is 1. The van der Waals surface area contributed by atoms with Crippen LogP contribution in [0.2, 0.25) is 0 Å². The van der Waals surface area contributed by atoms with Crippen LogP contribution in [0.3, 0.4) is 0 Å². The van der Waals surface area contributed by atoms with E-state index in [4.69, 9.17) is 0 Å². The van der Waals surface area contributed by atoms with Crippen molar-refractivity contribution in [2.24, 2.45) is 0 Å². The van der Waals surface area contributed by atoms with Gasteiger partial charge in [0.05, 0.1) is 0 Å². The van der Waals surface area contributed by atoms with E-state index in [0.29, 0.717) is 11.7 Å². The fraction of sp³-hybridized carbons (Fsp3) is 0.455. The van der Waals surface area contributed by atoms with Crippen LogP contribution in [-0.2, 0) is 0 Å². The highest BCUT2D eigenvalue weighted by atomic mass is 16.3. The van der Waals surface area contributed by atoms with E-state index in [-0.39, 0.29) is 0 Å². The molecule has 1 aromatic rings. The summed E-state index contributed by atoms with van der Waals surface area (Å²) >= 11 is 0. The molecule has 1 rings (SSSR count). The average Bonchev–Trinajstić information content (AvgIpc) is 2.03. The Kier molecular flexibility index (Phi) is 2.74. The molecule has 0 aromatic heterocycles. The van der Waals surface area contributed by atoms with Crippen molar-refractivity contribution in [1.29, 1.82) is 0 Å². The summed E-state index contributed by atoms with van der Waals surface area (Å²) < 4.78 is 0. The van der Waals surface area contributed by atoms with Gasteiger partial charge in [-0.25, -0.2) is 0 Å². The zero-order valence-electron chi connectivity index (χ0n) is 7.96. The maximum Gasteiger partial charge on any atom is 0.115 e. The summed E-state index contributed by atoms with van der Waals surface area (Å²) in [6, 6.07) is 5.59. The van der Waals surface area contributed by atoms with E-state index in [2.05, 4.69) is 13.8 Å². The van der Waals surface area contributed by atoms with Gasteiger partial charge in [0.2, 0.25) is 0 Å². The number of phenols is 1. The number of phenolic OH excluding ortho intramolecular Hbond substituents is 1. The van der Waals surface area contributed by atoms with Crippen LogP contribution >= 0.6 is 0 Å². The molecule has 0 heterocycles. The fourth-order valence-electron chi connectivity index (χ4n) is 1.43. The van der Waals surface area contributed by atoms with E-state index >= 15 is 0 Å². The molecule has 1 atom stereocenters. The SMILES string of the molecule is CCC(C)c1ccc(O)cc1C. The highest BCUT2D eigenvalue weighted by Crippen LogP contribution is 2.24. The second-order valence-corrected chi connectivity index (χ2v) is 3.35. The predicted molar refractivity (Wildman–Crippen MR) is 51.5 cm³/mol. The maximum atomic E-state index is 9.19. The lowest BCUT2D eigenvalue weighted by atomic mass is 9.94. The lowest BCUT2D eigenvalue weighted by molar-refractivity contribution is 0.474. The largest absolute Gasteiger partial charge is 0.508 e. The van der Waals surface area contributed by atoms with Gasteiger partial charge in [-0.1, -0.05) is 19.9 Å². The van der Waals surface area contributed by atoms with Gasteiger partial charge < -0.3 is 5.11 Å². The summed E-state index contributed by atoms with van der Waals surface area (Å²) in [6.07, 6.45) is 1.14. The molecule has 66 valence electrons. The van der Waals surface area contributed by atoms with E-state index in [9.17, 15) is 5.11 Å². The molecule has 0 radical (unpaired) electrons. The molecule has 0 aliphatic heterocycles. The van der Waals surface area contributed by atoms with Crippen molar-refractivity contribution in [1.82, 2.24) is 0 Å². The number of aryl methyl sites for hydroxylation is 1. The third-order valence-corrected chi connectivity index (χ3v) is 2.40.